The third kappa shape index (κ3) is 3.31. The first-order valence-electron chi connectivity index (χ1n) is 7.68. The van der Waals surface area contributed by atoms with Crippen LogP contribution in [0.5, 0.6) is 0 Å². The molecule has 1 aliphatic heterocycles. The van der Waals surface area contributed by atoms with Crippen molar-refractivity contribution < 1.29 is 14.5 Å². The quantitative estimate of drug-likeness (QED) is 0.828. The molecule has 3 rings (SSSR count). The SMILES string of the molecule is C[NH+](CCN1C(=O)c2ccccc2C1=O)Cc1ccc(Cl)c(Cl)c1. The van der Waals surface area contributed by atoms with Crippen molar-refractivity contribution in [1.82, 2.24) is 4.90 Å². The predicted octanol–water partition coefficient (Wildman–Crippen LogP) is 2.30. The largest absolute Gasteiger partial charge is 0.332 e. The number of benzene rings is 2. The average Bonchev–Trinajstić information content (AvgIpc) is 2.81. The van der Waals surface area contributed by atoms with Gasteiger partial charge in [-0.25, -0.2) is 0 Å². The van der Waals surface area contributed by atoms with Gasteiger partial charge < -0.3 is 4.90 Å². The maximum absolute atomic E-state index is 12.3. The molecule has 1 N–H and O–H groups in total. The molecule has 0 bridgehead atoms. The lowest BCUT2D eigenvalue weighted by molar-refractivity contribution is -0.892. The van der Waals surface area contributed by atoms with E-state index in [4.69, 9.17) is 23.2 Å². The number of likely N-dealkylation sites (N-methyl/N-ethyl adjacent to an activating group) is 1. The Morgan fingerprint density at radius 3 is 2.17 bits per heavy atom. The van der Waals surface area contributed by atoms with Crippen LogP contribution in [0.25, 0.3) is 0 Å². The second kappa shape index (κ2) is 6.93. The molecule has 0 aliphatic carbocycles. The number of nitrogens with one attached hydrogen (secondary N) is 1. The Hall–Kier alpha value is -1.88. The first kappa shape index (κ1) is 17.0. The lowest BCUT2D eigenvalue weighted by Gasteiger charge is -2.18. The van der Waals surface area contributed by atoms with Crippen LogP contribution in [0.4, 0.5) is 0 Å². The molecule has 2 aromatic carbocycles. The molecule has 1 atom stereocenters. The van der Waals surface area contributed by atoms with Gasteiger partial charge in [-0.05, 0) is 24.3 Å². The molecule has 0 radical (unpaired) electrons. The summed E-state index contributed by atoms with van der Waals surface area (Å²) < 4.78 is 0. The number of halogens is 2. The van der Waals surface area contributed by atoms with Crippen LogP contribution in [0.15, 0.2) is 42.5 Å². The second-order valence-electron chi connectivity index (χ2n) is 5.94. The smallest absolute Gasteiger partial charge is 0.261 e. The molecule has 0 spiro atoms. The van der Waals surface area contributed by atoms with Gasteiger partial charge in [0.15, 0.2) is 0 Å². The van der Waals surface area contributed by atoms with Crippen LogP contribution in [-0.4, -0.2) is 36.9 Å². The highest BCUT2D eigenvalue weighted by molar-refractivity contribution is 6.42. The molecule has 0 aromatic heterocycles. The molecule has 1 unspecified atom stereocenters. The lowest BCUT2D eigenvalue weighted by atomic mass is 10.1. The van der Waals surface area contributed by atoms with Crippen LogP contribution < -0.4 is 4.90 Å². The van der Waals surface area contributed by atoms with Gasteiger partial charge in [-0.3, -0.25) is 14.5 Å². The Kier molecular flexibility index (Phi) is 4.90. The summed E-state index contributed by atoms with van der Waals surface area (Å²) in [6, 6.07) is 12.5. The number of carbonyl (C=O) groups excluding carboxylic acids is 2. The van der Waals surface area contributed by atoms with E-state index >= 15 is 0 Å². The minimum Gasteiger partial charge on any atom is -0.332 e. The van der Waals surface area contributed by atoms with Crippen LogP contribution in [-0.2, 0) is 6.54 Å². The van der Waals surface area contributed by atoms with E-state index < -0.39 is 0 Å². The zero-order chi connectivity index (χ0) is 17.3. The summed E-state index contributed by atoms with van der Waals surface area (Å²) in [5.74, 6) is -0.420. The van der Waals surface area contributed by atoms with Gasteiger partial charge in [0.25, 0.3) is 11.8 Å². The van der Waals surface area contributed by atoms with Gasteiger partial charge in [-0.2, -0.15) is 0 Å². The molecule has 0 saturated heterocycles. The summed E-state index contributed by atoms with van der Waals surface area (Å²) in [5.41, 5.74) is 2.04. The molecule has 0 saturated carbocycles. The highest BCUT2D eigenvalue weighted by atomic mass is 35.5. The summed E-state index contributed by atoms with van der Waals surface area (Å²) in [6.07, 6.45) is 0. The molecule has 1 aliphatic rings. The van der Waals surface area contributed by atoms with Gasteiger partial charge in [0.05, 0.1) is 41.3 Å². The van der Waals surface area contributed by atoms with Gasteiger partial charge in [-0.1, -0.05) is 41.4 Å². The Morgan fingerprint density at radius 1 is 0.958 bits per heavy atom. The van der Waals surface area contributed by atoms with Gasteiger partial charge >= 0.3 is 0 Å². The molecule has 4 nitrogen and oxygen atoms in total. The third-order valence-corrected chi connectivity index (χ3v) is 4.87. The van der Waals surface area contributed by atoms with Crippen molar-refractivity contribution in [2.45, 2.75) is 6.54 Å². The van der Waals surface area contributed by atoms with Gasteiger partial charge in [0.1, 0.15) is 6.54 Å². The van der Waals surface area contributed by atoms with E-state index in [0.29, 0.717) is 34.3 Å². The molecule has 0 fully saturated rings. The normalized spacial score (nSPS) is 14.9. The minimum atomic E-state index is -0.210. The molecule has 6 heteroatoms. The number of fused-ring (bicyclic) bond motifs is 1. The predicted molar refractivity (Wildman–Crippen MR) is 93.7 cm³/mol. The monoisotopic (exact) mass is 363 g/mol. The molecular formula is C18H17Cl2N2O2+. The number of rotatable bonds is 5. The average molecular weight is 364 g/mol. The van der Waals surface area contributed by atoms with E-state index in [1.807, 2.05) is 19.2 Å². The fourth-order valence-corrected chi connectivity index (χ4v) is 3.15. The van der Waals surface area contributed by atoms with Crippen LogP contribution >= 0.6 is 23.2 Å². The number of amides is 2. The Balaban J connectivity index is 1.61. The van der Waals surface area contributed by atoms with Crippen molar-refractivity contribution in [2.75, 3.05) is 20.1 Å². The standard InChI is InChI=1S/C18H16Cl2N2O2/c1-21(11-12-6-7-15(19)16(20)10-12)8-9-22-17(23)13-4-2-3-5-14(13)18(22)24/h2-7,10H,8-9,11H2,1H3/p+1. The van der Waals surface area contributed by atoms with E-state index in [1.54, 1.807) is 30.3 Å². The highest BCUT2D eigenvalue weighted by Crippen LogP contribution is 2.23. The molecule has 2 amide bonds. The minimum absolute atomic E-state index is 0.210. The molecule has 24 heavy (non-hydrogen) atoms. The summed E-state index contributed by atoms with van der Waals surface area (Å²) in [6.45, 7) is 1.78. The first-order valence-corrected chi connectivity index (χ1v) is 8.43. The van der Waals surface area contributed by atoms with Crippen molar-refractivity contribution >= 4 is 35.0 Å². The number of imide groups is 1. The van der Waals surface area contributed by atoms with Crippen LogP contribution in [0.3, 0.4) is 0 Å². The van der Waals surface area contributed by atoms with E-state index in [0.717, 1.165) is 12.1 Å². The van der Waals surface area contributed by atoms with E-state index in [1.165, 1.54) is 9.80 Å². The number of nitrogens with zero attached hydrogens (tertiary/aromatic N) is 1. The lowest BCUT2D eigenvalue weighted by Crippen LogP contribution is -3.08. The van der Waals surface area contributed by atoms with Gasteiger partial charge in [0.2, 0.25) is 0 Å². The van der Waals surface area contributed by atoms with Gasteiger partial charge in [-0.15, -0.1) is 0 Å². The zero-order valence-corrected chi connectivity index (χ0v) is 14.7. The van der Waals surface area contributed by atoms with Crippen molar-refractivity contribution in [3.05, 3.63) is 69.2 Å². The number of hydrogen-bond acceptors (Lipinski definition) is 2. The van der Waals surface area contributed by atoms with Gasteiger partial charge in [0, 0.05) is 5.56 Å². The van der Waals surface area contributed by atoms with E-state index in [-0.39, 0.29) is 11.8 Å². The maximum Gasteiger partial charge on any atom is 0.261 e. The molecule has 1 heterocycles. The maximum atomic E-state index is 12.3. The van der Waals surface area contributed by atoms with Crippen molar-refractivity contribution in [1.29, 1.82) is 0 Å². The van der Waals surface area contributed by atoms with Crippen LogP contribution in [0.1, 0.15) is 26.3 Å². The molecule has 2 aromatic rings. The topological polar surface area (TPSA) is 41.8 Å². The Labute approximate surface area is 150 Å². The summed E-state index contributed by atoms with van der Waals surface area (Å²) in [7, 11) is 2.01. The number of carbonyl (C=O) groups is 2. The zero-order valence-electron chi connectivity index (χ0n) is 13.2. The Bertz CT molecular complexity index is 772. The van der Waals surface area contributed by atoms with Crippen LogP contribution in [0.2, 0.25) is 10.0 Å². The first-order chi connectivity index (χ1) is 11.5. The summed E-state index contributed by atoms with van der Waals surface area (Å²) in [4.78, 5) is 27.1. The number of hydrogen-bond donors (Lipinski definition) is 1. The molecular weight excluding hydrogens is 347 g/mol. The summed E-state index contributed by atoms with van der Waals surface area (Å²) in [5, 5.41) is 1.06. The van der Waals surface area contributed by atoms with Crippen molar-refractivity contribution in [3.8, 4) is 0 Å². The molecule has 124 valence electrons. The third-order valence-electron chi connectivity index (χ3n) is 4.13. The van der Waals surface area contributed by atoms with E-state index in [9.17, 15) is 9.59 Å². The van der Waals surface area contributed by atoms with Crippen molar-refractivity contribution in [3.63, 3.8) is 0 Å². The fourth-order valence-electron chi connectivity index (χ4n) is 2.83. The van der Waals surface area contributed by atoms with Crippen LogP contribution in [0, 0.1) is 0 Å². The second-order valence-corrected chi connectivity index (χ2v) is 6.75. The van der Waals surface area contributed by atoms with E-state index in [2.05, 4.69) is 0 Å². The summed E-state index contributed by atoms with van der Waals surface area (Å²) >= 11 is 11.9. The van der Waals surface area contributed by atoms with Crippen molar-refractivity contribution in [2.24, 2.45) is 0 Å². The fraction of sp³-hybridized carbons (Fsp3) is 0.222. The number of quaternary nitrogens is 1. The highest BCUT2D eigenvalue weighted by Gasteiger charge is 2.35. The Morgan fingerprint density at radius 2 is 1.58 bits per heavy atom.